The molecule has 0 aromatic carbocycles. The Balaban J connectivity index is 0. The summed E-state index contributed by atoms with van der Waals surface area (Å²) in [5.74, 6) is -0.795. The van der Waals surface area contributed by atoms with Crippen molar-refractivity contribution >= 4 is 41.4 Å². The monoisotopic (exact) mass is 463 g/mol. The maximum absolute atomic E-state index is 11.9. The molecular formula is C25H48N2NaO4. The van der Waals surface area contributed by atoms with Crippen LogP contribution in [0.15, 0.2) is 12.2 Å². The van der Waals surface area contributed by atoms with Gasteiger partial charge < -0.3 is 15.5 Å². The van der Waals surface area contributed by atoms with Crippen LogP contribution in [0.2, 0.25) is 0 Å². The van der Waals surface area contributed by atoms with Crippen molar-refractivity contribution in [3.05, 3.63) is 12.2 Å². The van der Waals surface area contributed by atoms with E-state index in [1.54, 1.807) is 0 Å². The number of aliphatic hydroxyl groups excluding tert-OH is 1. The molecule has 0 saturated carbocycles. The number of rotatable bonds is 23. The van der Waals surface area contributed by atoms with Crippen LogP contribution in [0, 0.1) is 0 Å². The Morgan fingerprint density at radius 1 is 0.781 bits per heavy atom. The number of nitrogens with one attached hydrogen (secondary N) is 1. The van der Waals surface area contributed by atoms with Crippen LogP contribution in [0.25, 0.3) is 0 Å². The zero-order chi connectivity index (χ0) is 23.0. The summed E-state index contributed by atoms with van der Waals surface area (Å²) in [5.41, 5.74) is 0. The molecule has 32 heavy (non-hydrogen) atoms. The van der Waals surface area contributed by atoms with Crippen molar-refractivity contribution < 1.29 is 19.8 Å². The summed E-state index contributed by atoms with van der Waals surface area (Å²) in [6.07, 6.45) is 21.4. The third kappa shape index (κ3) is 25.9. The first kappa shape index (κ1) is 33.8. The Hall–Kier alpha value is -0.400. The Morgan fingerprint density at radius 2 is 1.34 bits per heavy atom. The van der Waals surface area contributed by atoms with E-state index in [0.717, 1.165) is 12.8 Å². The van der Waals surface area contributed by atoms with E-state index in [2.05, 4.69) is 24.4 Å². The van der Waals surface area contributed by atoms with Gasteiger partial charge >= 0.3 is 5.97 Å². The van der Waals surface area contributed by atoms with E-state index >= 15 is 0 Å². The molecule has 1 amide bonds. The van der Waals surface area contributed by atoms with Crippen molar-refractivity contribution in [2.75, 3.05) is 32.8 Å². The van der Waals surface area contributed by atoms with Crippen LogP contribution in [-0.4, -0.2) is 89.3 Å². The first-order chi connectivity index (χ1) is 15.1. The number of carbonyl (C=O) groups excluding carboxylic acids is 1. The third-order valence-electron chi connectivity index (χ3n) is 5.47. The van der Waals surface area contributed by atoms with E-state index in [-0.39, 0.29) is 48.5 Å². The van der Waals surface area contributed by atoms with Crippen molar-refractivity contribution in [3.63, 3.8) is 0 Å². The quantitative estimate of drug-likeness (QED) is 0.118. The summed E-state index contributed by atoms with van der Waals surface area (Å²) in [6.45, 7) is 4.11. The van der Waals surface area contributed by atoms with Crippen LogP contribution in [0.1, 0.15) is 103 Å². The van der Waals surface area contributed by atoms with Crippen LogP contribution in [0.5, 0.6) is 0 Å². The van der Waals surface area contributed by atoms with Crippen LogP contribution >= 0.6 is 0 Å². The summed E-state index contributed by atoms with van der Waals surface area (Å²) >= 11 is 0. The molecule has 7 heteroatoms. The normalized spacial score (nSPS) is 11.1. The van der Waals surface area contributed by atoms with E-state index in [1.165, 1.54) is 70.6 Å². The standard InChI is InChI=1S/C25H48N2O4.Na/c1-2-3-4-5-6-7-8-9-10-11-12-13-14-15-16-17-24(29)26-19-21-27(22-23-28)20-18-25(30)31;/h9-10,28H,2-8,11-23H2,1H3,(H,26,29)(H,30,31);/b10-9-;. The molecule has 0 aliphatic carbocycles. The topological polar surface area (TPSA) is 89.9 Å². The number of carbonyl (C=O) groups is 2. The molecule has 0 unspecified atom stereocenters. The van der Waals surface area contributed by atoms with Gasteiger partial charge in [0, 0.05) is 62.2 Å². The number of carboxylic acid groups (broad SMARTS) is 1. The molecule has 183 valence electrons. The van der Waals surface area contributed by atoms with Gasteiger partial charge in [-0.25, -0.2) is 0 Å². The summed E-state index contributed by atoms with van der Waals surface area (Å²) in [7, 11) is 0. The largest absolute Gasteiger partial charge is 0.481 e. The zero-order valence-corrected chi connectivity index (χ0v) is 23.0. The Morgan fingerprint density at radius 3 is 1.91 bits per heavy atom. The summed E-state index contributed by atoms with van der Waals surface area (Å²) in [4.78, 5) is 24.4. The number of amides is 1. The van der Waals surface area contributed by atoms with Crippen molar-refractivity contribution in [2.45, 2.75) is 103 Å². The number of hydrogen-bond donors (Lipinski definition) is 3. The Kier molecular flexibility index (Phi) is 28.3. The molecule has 0 aromatic heterocycles. The molecule has 0 spiro atoms. The predicted molar refractivity (Wildman–Crippen MR) is 134 cm³/mol. The van der Waals surface area contributed by atoms with E-state index < -0.39 is 5.97 Å². The average molecular weight is 464 g/mol. The maximum atomic E-state index is 11.9. The molecule has 0 aliphatic heterocycles. The van der Waals surface area contributed by atoms with Crippen LogP contribution in [0.4, 0.5) is 0 Å². The molecular weight excluding hydrogens is 415 g/mol. The molecule has 0 bridgehead atoms. The number of nitrogens with zero attached hydrogens (tertiary/aromatic N) is 1. The van der Waals surface area contributed by atoms with Gasteiger partial charge in [0.25, 0.3) is 0 Å². The van der Waals surface area contributed by atoms with E-state index in [0.29, 0.717) is 32.6 Å². The van der Waals surface area contributed by atoms with Gasteiger partial charge in [-0.1, -0.05) is 70.4 Å². The number of aliphatic hydroxyl groups is 1. The van der Waals surface area contributed by atoms with Crippen molar-refractivity contribution in [3.8, 4) is 0 Å². The molecule has 0 atom stereocenters. The first-order valence-corrected chi connectivity index (χ1v) is 12.6. The van der Waals surface area contributed by atoms with Gasteiger partial charge in [0.1, 0.15) is 0 Å². The fourth-order valence-corrected chi connectivity index (χ4v) is 3.53. The molecule has 6 nitrogen and oxygen atoms in total. The van der Waals surface area contributed by atoms with Crippen molar-refractivity contribution in [1.29, 1.82) is 0 Å². The van der Waals surface area contributed by atoms with Crippen LogP contribution in [0.3, 0.4) is 0 Å². The van der Waals surface area contributed by atoms with E-state index in [4.69, 9.17) is 10.2 Å². The minimum atomic E-state index is -0.851. The molecule has 0 saturated heterocycles. The average Bonchev–Trinajstić information content (AvgIpc) is 2.74. The summed E-state index contributed by atoms with van der Waals surface area (Å²) in [6, 6.07) is 0. The minimum Gasteiger partial charge on any atom is -0.481 e. The van der Waals surface area contributed by atoms with E-state index in [1.807, 2.05) is 4.90 Å². The number of aliphatic carboxylic acids is 1. The van der Waals surface area contributed by atoms with Gasteiger partial charge in [0.15, 0.2) is 0 Å². The Bertz CT molecular complexity index is 461. The number of allylic oxidation sites excluding steroid dienone is 2. The predicted octanol–water partition coefficient (Wildman–Crippen LogP) is 4.53. The SMILES string of the molecule is CCCCCCCC/C=C\CCCCCCCC(=O)NCCN(CCO)CCC(=O)O.[Na]. The third-order valence-corrected chi connectivity index (χ3v) is 5.47. The molecule has 3 N–H and O–H groups in total. The molecule has 0 aliphatic rings. The van der Waals surface area contributed by atoms with Gasteiger partial charge in [-0.2, -0.15) is 0 Å². The van der Waals surface area contributed by atoms with Crippen molar-refractivity contribution in [1.82, 2.24) is 10.2 Å². The van der Waals surface area contributed by atoms with E-state index in [9.17, 15) is 9.59 Å². The second-order valence-electron chi connectivity index (χ2n) is 8.39. The van der Waals surface area contributed by atoms with Crippen molar-refractivity contribution in [2.24, 2.45) is 0 Å². The molecule has 0 fully saturated rings. The molecule has 1 radical (unpaired) electrons. The summed E-state index contributed by atoms with van der Waals surface area (Å²) < 4.78 is 0. The second kappa shape index (κ2) is 26.8. The molecule has 0 aromatic rings. The van der Waals surface area contributed by atoms with Gasteiger partial charge in [0.2, 0.25) is 5.91 Å². The van der Waals surface area contributed by atoms with Gasteiger partial charge in [-0.3, -0.25) is 14.5 Å². The second-order valence-corrected chi connectivity index (χ2v) is 8.39. The maximum Gasteiger partial charge on any atom is 0.304 e. The number of unbranched alkanes of at least 4 members (excludes halogenated alkanes) is 11. The van der Waals surface area contributed by atoms with Gasteiger partial charge in [-0.15, -0.1) is 0 Å². The fourth-order valence-electron chi connectivity index (χ4n) is 3.53. The minimum absolute atomic E-state index is 0. The smallest absolute Gasteiger partial charge is 0.304 e. The van der Waals surface area contributed by atoms with Crippen LogP contribution in [-0.2, 0) is 9.59 Å². The Labute approximate surface area is 218 Å². The molecule has 0 heterocycles. The van der Waals surface area contributed by atoms with Gasteiger partial charge in [-0.05, 0) is 32.1 Å². The zero-order valence-electron chi connectivity index (χ0n) is 21.0. The first-order valence-electron chi connectivity index (χ1n) is 12.6. The van der Waals surface area contributed by atoms with Gasteiger partial charge in [0.05, 0.1) is 13.0 Å². The molecule has 0 rings (SSSR count). The summed E-state index contributed by atoms with van der Waals surface area (Å²) in [5, 5.41) is 20.7. The fraction of sp³-hybridized carbons (Fsp3) is 0.840. The van der Waals surface area contributed by atoms with Crippen LogP contribution < -0.4 is 5.32 Å². The number of carboxylic acids is 1. The number of hydrogen-bond acceptors (Lipinski definition) is 4.